The van der Waals surface area contributed by atoms with Crippen molar-refractivity contribution in [3.8, 4) is 5.69 Å². The summed E-state index contributed by atoms with van der Waals surface area (Å²) >= 11 is 0. The van der Waals surface area contributed by atoms with E-state index in [-0.39, 0.29) is 6.09 Å². The number of benzene rings is 1. The highest BCUT2D eigenvalue weighted by atomic mass is 16.5. The van der Waals surface area contributed by atoms with Crippen LogP contribution in [0, 0.1) is 0 Å². The molecule has 1 aliphatic rings. The van der Waals surface area contributed by atoms with E-state index < -0.39 is 5.54 Å². The summed E-state index contributed by atoms with van der Waals surface area (Å²) in [5.74, 6) is 0.691. The molecule has 23 heavy (non-hydrogen) atoms. The van der Waals surface area contributed by atoms with Crippen LogP contribution in [0.25, 0.3) is 5.69 Å². The number of amides is 1. The number of hydrogen-bond donors (Lipinski definition) is 0. The molecule has 1 amide bonds. The molecule has 0 spiro atoms. The molecule has 3 rings (SSSR count). The van der Waals surface area contributed by atoms with Gasteiger partial charge in [0.1, 0.15) is 5.54 Å². The second-order valence-electron chi connectivity index (χ2n) is 5.87. The molecular formula is C16H21N5O2. The number of tetrazole rings is 1. The van der Waals surface area contributed by atoms with Crippen LogP contribution >= 0.6 is 0 Å². The Labute approximate surface area is 135 Å². The number of para-hydroxylation sites is 1. The van der Waals surface area contributed by atoms with E-state index in [2.05, 4.69) is 15.5 Å². The highest BCUT2D eigenvalue weighted by Gasteiger charge is 2.45. The molecule has 7 heteroatoms. The lowest BCUT2D eigenvalue weighted by molar-refractivity contribution is 0.0472. The number of carbonyl (C=O) groups is 1. The van der Waals surface area contributed by atoms with Gasteiger partial charge in [0.25, 0.3) is 0 Å². The summed E-state index contributed by atoms with van der Waals surface area (Å²) in [5.41, 5.74) is 0.348. The van der Waals surface area contributed by atoms with Gasteiger partial charge in [-0.15, -0.1) is 5.10 Å². The first kappa shape index (κ1) is 15.5. The van der Waals surface area contributed by atoms with E-state index in [1.807, 2.05) is 30.3 Å². The Morgan fingerprint density at radius 1 is 1.22 bits per heavy atom. The number of carbonyl (C=O) groups excluding carboxylic acids is 1. The molecule has 122 valence electrons. The van der Waals surface area contributed by atoms with Gasteiger partial charge in [0.05, 0.1) is 12.8 Å². The summed E-state index contributed by atoms with van der Waals surface area (Å²) < 4.78 is 6.67. The molecule has 1 aliphatic carbocycles. The van der Waals surface area contributed by atoms with E-state index >= 15 is 0 Å². The summed E-state index contributed by atoms with van der Waals surface area (Å²) in [6.45, 7) is 0. The summed E-state index contributed by atoms with van der Waals surface area (Å²) in [4.78, 5) is 13.8. The second kappa shape index (κ2) is 6.36. The summed E-state index contributed by atoms with van der Waals surface area (Å²) in [6, 6.07) is 9.74. The maximum absolute atomic E-state index is 12.2. The van der Waals surface area contributed by atoms with E-state index in [9.17, 15) is 4.79 Å². The summed E-state index contributed by atoms with van der Waals surface area (Å²) in [6.07, 6.45) is 4.50. The van der Waals surface area contributed by atoms with Gasteiger partial charge in [0.2, 0.25) is 0 Å². The lowest BCUT2D eigenvalue weighted by Crippen LogP contribution is -2.50. The molecule has 1 aromatic carbocycles. The molecule has 0 saturated heterocycles. The van der Waals surface area contributed by atoms with Crippen LogP contribution in [0.2, 0.25) is 0 Å². The number of nitrogens with zero attached hydrogens (tertiary/aromatic N) is 5. The molecule has 1 heterocycles. The van der Waals surface area contributed by atoms with Crippen LogP contribution in [-0.2, 0) is 10.3 Å². The molecule has 7 nitrogen and oxygen atoms in total. The van der Waals surface area contributed by atoms with E-state index in [1.54, 1.807) is 16.6 Å². The second-order valence-corrected chi connectivity index (χ2v) is 5.87. The van der Waals surface area contributed by atoms with Gasteiger partial charge >= 0.3 is 6.09 Å². The van der Waals surface area contributed by atoms with Gasteiger partial charge in [-0.05, 0) is 35.4 Å². The number of methoxy groups -OCH3 is 1. The molecule has 2 aromatic rings. The van der Waals surface area contributed by atoms with Gasteiger partial charge in [0.15, 0.2) is 5.82 Å². The first-order chi connectivity index (χ1) is 11.2. The van der Waals surface area contributed by atoms with Crippen molar-refractivity contribution in [2.75, 3.05) is 14.2 Å². The third-order valence-corrected chi connectivity index (χ3v) is 4.66. The topological polar surface area (TPSA) is 73.1 Å². The molecule has 0 aliphatic heterocycles. The van der Waals surface area contributed by atoms with Crippen molar-refractivity contribution in [1.29, 1.82) is 0 Å². The van der Waals surface area contributed by atoms with Crippen molar-refractivity contribution in [3.63, 3.8) is 0 Å². The van der Waals surface area contributed by atoms with E-state index in [4.69, 9.17) is 4.74 Å². The van der Waals surface area contributed by atoms with Crippen LogP contribution in [0.15, 0.2) is 30.3 Å². The van der Waals surface area contributed by atoms with Crippen molar-refractivity contribution < 1.29 is 9.53 Å². The van der Waals surface area contributed by atoms with Gasteiger partial charge in [-0.2, -0.15) is 4.68 Å². The first-order valence-electron chi connectivity index (χ1n) is 7.85. The zero-order valence-corrected chi connectivity index (χ0v) is 13.5. The van der Waals surface area contributed by atoms with Crippen molar-refractivity contribution in [2.45, 2.75) is 37.6 Å². The fourth-order valence-corrected chi connectivity index (χ4v) is 3.38. The van der Waals surface area contributed by atoms with Gasteiger partial charge in [0, 0.05) is 7.05 Å². The fourth-order valence-electron chi connectivity index (χ4n) is 3.38. The van der Waals surface area contributed by atoms with Crippen LogP contribution in [0.3, 0.4) is 0 Å². The molecule has 1 saturated carbocycles. The number of hydrogen-bond acceptors (Lipinski definition) is 5. The normalized spacial score (nSPS) is 16.8. The van der Waals surface area contributed by atoms with Gasteiger partial charge in [-0.3, -0.25) is 4.90 Å². The van der Waals surface area contributed by atoms with E-state index in [1.165, 1.54) is 7.11 Å². The van der Waals surface area contributed by atoms with Crippen molar-refractivity contribution in [3.05, 3.63) is 36.2 Å². The Morgan fingerprint density at radius 2 is 1.91 bits per heavy atom. The standard InChI is InChI=1S/C16H21N5O2/c1-20(15(22)23-2)16(11-7-4-8-12-16)14-17-18-19-21(14)13-9-5-3-6-10-13/h3,5-6,9-10H,4,7-8,11-12H2,1-2H3. The smallest absolute Gasteiger partial charge is 0.410 e. The third kappa shape index (κ3) is 2.67. The minimum absolute atomic E-state index is 0.366. The van der Waals surface area contributed by atoms with Crippen LogP contribution in [0.1, 0.15) is 37.9 Å². The minimum atomic E-state index is -0.537. The monoisotopic (exact) mass is 315 g/mol. The maximum Gasteiger partial charge on any atom is 0.410 e. The number of rotatable bonds is 3. The van der Waals surface area contributed by atoms with Gasteiger partial charge < -0.3 is 4.74 Å². The van der Waals surface area contributed by atoms with E-state index in [0.717, 1.165) is 37.8 Å². The van der Waals surface area contributed by atoms with Crippen molar-refractivity contribution in [2.24, 2.45) is 0 Å². The first-order valence-corrected chi connectivity index (χ1v) is 7.85. The van der Waals surface area contributed by atoms with Crippen molar-refractivity contribution in [1.82, 2.24) is 25.1 Å². The minimum Gasteiger partial charge on any atom is -0.453 e. The molecule has 1 aromatic heterocycles. The van der Waals surface area contributed by atoms with E-state index in [0.29, 0.717) is 5.82 Å². The summed E-state index contributed by atoms with van der Waals surface area (Å²) in [5, 5.41) is 12.3. The van der Waals surface area contributed by atoms with Crippen LogP contribution in [-0.4, -0.2) is 45.4 Å². The average Bonchev–Trinajstić information content (AvgIpc) is 3.12. The zero-order chi connectivity index (χ0) is 16.3. The molecular weight excluding hydrogens is 294 g/mol. The molecule has 0 N–H and O–H groups in total. The molecule has 0 radical (unpaired) electrons. The predicted molar refractivity (Wildman–Crippen MR) is 84.1 cm³/mol. The lowest BCUT2D eigenvalue weighted by atomic mass is 9.79. The SMILES string of the molecule is COC(=O)N(C)C1(c2nnnn2-c2ccccc2)CCCCC1. The maximum atomic E-state index is 12.2. The fraction of sp³-hybridized carbons (Fsp3) is 0.500. The molecule has 0 bridgehead atoms. The predicted octanol–water partition coefficient (Wildman–Crippen LogP) is 2.52. The Balaban J connectivity index is 2.08. The molecule has 0 atom stereocenters. The van der Waals surface area contributed by atoms with Crippen LogP contribution in [0.4, 0.5) is 4.79 Å². The Kier molecular flexibility index (Phi) is 4.27. The quantitative estimate of drug-likeness (QED) is 0.870. The zero-order valence-electron chi connectivity index (χ0n) is 13.5. The molecule has 0 unspecified atom stereocenters. The average molecular weight is 315 g/mol. The van der Waals surface area contributed by atoms with Gasteiger partial charge in [-0.1, -0.05) is 37.5 Å². The number of aromatic nitrogens is 4. The molecule has 1 fully saturated rings. The Bertz CT molecular complexity index is 664. The highest BCUT2D eigenvalue weighted by Crippen LogP contribution is 2.41. The van der Waals surface area contributed by atoms with Crippen molar-refractivity contribution >= 4 is 6.09 Å². The largest absolute Gasteiger partial charge is 0.453 e. The Hall–Kier alpha value is -2.44. The summed E-state index contributed by atoms with van der Waals surface area (Å²) in [7, 11) is 3.16. The number of ether oxygens (including phenoxy) is 1. The highest BCUT2D eigenvalue weighted by molar-refractivity contribution is 5.68. The van der Waals surface area contributed by atoms with Crippen LogP contribution < -0.4 is 0 Å². The lowest BCUT2D eigenvalue weighted by Gasteiger charge is -2.42. The van der Waals surface area contributed by atoms with Crippen LogP contribution in [0.5, 0.6) is 0 Å². The van der Waals surface area contributed by atoms with Gasteiger partial charge in [-0.25, -0.2) is 4.79 Å². The third-order valence-electron chi connectivity index (χ3n) is 4.66. The Morgan fingerprint density at radius 3 is 2.57 bits per heavy atom.